The quantitative estimate of drug-likeness (QED) is 0.651. The number of amides is 2. The first kappa shape index (κ1) is 18.2. The highest BCUT2D eigenvalue weighted by atomic mass is 19.1. The van der Waals surface area contributed by atoms with Gasteiger partial charge in [-0.2, -0.15) is 9.90 Å². The lowest BCUT2D eigenvalue weighted by atomic mass is 10.1. The number of para-hydroxylation sites is 1. The van der Waals surface area contributed by atoms with Crippen molar-refractivity contribution < 1.29 is 14.0 Å². The van der Waals surface area contributed by atoms with Gasteiger partial charge in [-0.3, -0.25) is 9.59 Å². The normalized spacial score (nSPS) is 10.4. The Morgan fingerprint density at radius 2 is 1.74 bits per heavy atom. The maximum absolute atomic E-state index is 13.5. The van der Waals surface area contributed by atoms with Gasteiger partial charge in [-0.15, -0.1) is 5.10 Å². The number of aryl methyl sites for hydroxylation is 1. The number of nitrogens with one attached hydrogen (secondary N) is 2. The summed E-state index contributed by atoms with van der Waals surface area (Å²) in [5.41, 5.74) is 1.62. The van der Waals surface area contributed by atoms with Gasteiger partial charge in [0.15, 0.2) is 5.69 Å². The summed E-state index contributed by atoms with van der Waals surface area (Å²) >= 11 is 0. The lowest BCUT2D eigenvalue weighted by Crippen LogP contribution is -2.34. The van der Waals surface area contributed by atoms with E-state index in [-0.39, 0.29) is 24.3 Å². The molecule has 138 valence electrons. The van der Waals surface area contributed by atoms with E-state index in [9.17, 15) is 14.0 Å². The number of benzene rings is 2. The van der Waals surface area contributed by atoms with E-state index in [1.165, 1.54) is 17.1 Å². The largest absolute Gasteiger partial charge is 0.350 e. The average Bonchev–Trinajstić information content (AvgIpc) is 3.18. The van der Waals surface area contributed by atoms with Crippen LogP contribution in [0.2, 0.25) is 0 Å². The number of carbonyl (C=O) groups excluding carboxylic acids is 2. The predicted octanol–water partition coefficient (Wildman–Crippen LogP) is 1.87. The number of halogens is 1. The van der Waals surface area contributed by atoms with Gasteiger partial charge in [-0.05, 0) is 36.8 Å². The third-order valence-corrected chi connectivity index (χ3v) is 3.84. The molecule has 1 aromatic heterocycles. The first-order valence-corrected chi connectivity index (χ1v) is 8.35. The molecule has 0 radical (unpaired) electrons. The Hall–Kier alpha value is -3.55. The molecule has 0 bridgehead atoms. The second kappa shape index (κ2) is 8.22. The summed E-state index contributed by atoms with van der Waals surface area (Å²) in [7, 11) is 0. The second-order valence-corrected chi connectivity index (χ2v) is 5.83. The van der Waals surface area contributed by atoms with Gasteiger partial charge < -0.3 is 10.6 Å². The molecular weight excluding hydrogens is 349 g/mol. The first-order chi connectivity index (χ1) is 13.0. The van der Waals surface area contributed by atoms with Crippen LogP contribution in [0.3, 0.4) is 0 Å². The fraction of sp³-hybridized carbons (Fsp3) is 0.158. The molecule has 3 aromatic rings. The van der Waals surface area contributed by atoms with Crippen LogP contribution in [0.1, 0.15) is 26.4 Å². The van der Waals surface area contributed by atoms with Crippen LogP contribution in [0.25, 0.3) is 5.69 Å². The van der Waals surface area contributed by atoms with Crippen LogP contribution < -0.4 is 10.6 Å². The zero-order chi connectivity index (χ0) is 19.2. The lowest BCUT2D eigenvalue weighted by Gasteiger charge is -2.07. The molecule has 0 atom stereocenters. The molecule has 0 fully saturated rings. The van der Waals surface area contributed by atoms with Crippen molar-refractivity contribution in [2.75, 3.05) is 13.1 Å². The van der Waals surface area contributed by atoms with Crippen molar-refractivity contribution in [2.45, 2.75) is 6.92 Å². The third kappa shape index (κ3) is 4.55. The van der Waals surface area contributed by atoms with E-state index in [2.05, 4.69) is 20.8 Å². The van der Waals surface area contributed by atoms with E-state index in [4.69, 9.17) is 0 Å². The number of aromatic nitrogens is 3. The second-order valence-electron chi connectivity index (χ2n) is 5.83. The van der Waals surface area contributed by atoms with Crippen LogP contribution in [0.4, 0.5) is 4.39 Å². The zero-order valence-electron chi connectivity index (χ0n) is 14.6. The van der Waals surface area contributed by atoms with Crippen LogP contribution in [-0.2, 0) is 0 Å². The lowest BCUT2D eigenvalue weighted by molar-refractivity contribution is 0.0924. The van der Waals surface area contributed by atoms with E-state index in [0.29, 0.717) is 5.56 Å². The van der Waals surface area contributed by atoms with Crippen molar-refractivity contribution in [1.29, 1.82) is 0 Å². The van der Waals surface area contributed by atoms with Crippen LogP contribution in [0, 0.1) is 12.7 Å². The summed E-state index contributed by atoms with van der Waals surface area (Å²) in [5.74, 6) is -1.23. The monoisotopic (exact) mass is 367 g/mol. The molecule has 0 aliphatic rings. The molecular formula is C19H18FN5O2. The van der Waals surface area contributed by atoms with Crippen LogP contribution in [0.15, 0.2) is 54.7 Å². The Labute approximate surface area is 155 Å². The molecule has 1 heterocycles. The standard InChI is InChI=1S/C19H18FN5O2/c1-13-7-8-14(11-16(13)20)18(26)21-9-10-22-19(27)17-12-23-25(24-17)15-5-3-2-4-6-15/h2-8,11-12H,9-10H2,1H3,(H,21,26)(H,22,27). The molecule has 0 aliphatic carbocycles. The fourth-order valence-corrected chi connectivity index (χ4v) is 2.33. The first-order valence-electron chi connectivity index (χ1n) is 8.35. The molecule has 8 heteroatoms. The van der Waals surface area contributed by atoms with Crippen molar-refractivity contribution >= 4 is 11.8 Å². The third-order valence-electron chi connectivity index (χ3n) is 3.84. The number of carbonyl (C=O) groups is 2. The van der Waals surface area contributed by atoms with Gasteiger partial charge >= 0.3 is 0 Å². The summed E-state index contributed by atoms with van der Waals surface area (Å²) < 4.78 is 13.5. The number of hydrogen-bond donors (Lipinski definition) is 2. The summed E-state index contributed by atoms with van der Waals surface area (Å²) in [6.45, 7) is 2.03. The molecule has 2 aromatic carbocycles. The summed E-state index contributed by atoms with van der Waals surface area (Å²) in [5, 5.41) is 13.5. The Kier molecular flexibility index (Phi) is 5.55. The van der Waals surface area contributed by atoms with Crippen molar-refractivity contribution in [3.05, 3.63) is 77.4 Å². The van der Waals surface area contributed by atoms with Crippen molar-refractivity contribution in [3.63, 3.8) is 0 Å². The zero-order valence-corrected chi connectivity index (χ0v) is 14.6. The van der Waals surface area contributed by atoms with Gasteiger partial charge in [-0.1, -0.05) is 24.3 Å². The van der Waals surface area contributed by atoms with Gasteiger partial charge in [0.25, 0.3) is 11.8 Å². The molecule has 0 spiro atoms. The Morgan fingerprint density at radius 3 is 2.44 bits per heavy atom. The molecule has 0 saturated heterocycles. The Morgan fingerprint density at radius 1 is 1.04 bits per heavy atom. The molecule has 2 amide bonds. The highest BCUT2D eigenvalue weighted by Crippen LogP contribution is 2.09. The summed E-state index contributed by atoms with van der Waals surface area (Å²) in [4.78, 5) is 25.4. The van der Waals surface area contributed by atoms with Crippen LogP contribution >= 0.6 is 0 Å². The van der Waals surface area contributed by atoms with Crippen molar-refractivity contribution in [2.24, 2.45) is 0 Å². The molecule has 0 unspecified atom stereocenters. The SMILES string of the molecule is Cc1ccc(C(=O)NCCNC(=O)c2cnn(-c3ccccc3)n2)cc1F. The van der Waals surface area contributed by atoms with Gasteiger partial charge in [0, 0.05) is 18.7 Å². The van der Waals surface area contributed by atoms with Gasteiger partial charge in [0.05, 0.1) is 11.9 Å². The molecule has 0 saturated carbocycles. The van der Waals surface area contributed by atoms with Crippen LogP contribution in [-0.4, -0.2) is 39.9 Å². The summed E-state index contributed by atoms with van der Waals surface area (Å²) in [6.07, 6.45) is 1.37. The van der Waals surface area contributed by atoms with E-state index in [0.717, 1.165) is 5.69 Å². The van der Waals surface area contributed by atoms with E-state index in [1.807, 2.05) is 30.3 Å². The van der Waals surface area contributed by atoms with Crippen LogP contribution in [0.5, 0.6) is 0 Å². The molecule has 2 N–H and O–H groups in total. The minimum absolute atomic E-state index is 0.172. The Balaban J connectivity index is 1.48. The predicted molar refractivity (Wildman–Crippen MR) is 97.2 cm³/mol. The highest BCUT2D eigenvalue weighted by Gasteiger charge is 2.12. The molecule has 3 rings (SSSR count). The molecule has 7 nitrogen and oxygen atoms in total. The maximum atomic E-state index is 13.5. The minimum atomic E-state index is -0.433. The minimum Gasteiger partial charge on any atom is -0.350 e. The van der Waals surface area contributed by atoms with E-state index in [1.54, 1.807) is 19.1 Å². The van der Waals surface area contributed by atoms with Gasteiger partial charge in [0.1, 0.15) is 5.82 Å². The maximum Gasteiger partial charge on any atom is 0.273 e. The van der Waals surface area contributed by atoms with Gasteiger partial charge in [0.2, 0.25) is 0 Å². The van der Waals surface area contributed by atoms with Gasteiger partial charge in [-0.25, -0.2) is 4.39 Å². The van der Waals surface area contributed by atoms with Crippen molar-refractivity contribution in [1.82, 2.24) is 25.6 Å². The van der Waals surface area contributed by atoms with E-state index < -0.39 is 17.6 Å². The van der Waals surface area contributed by atoms with Crippen molar-refractivity contribution in [3.8, 4) is 5.69 Å². The molecule has 0 aliphatic heterocycles. The summed E-state index contributed by atoms with van der Waals surface area (Å²) in [6, 6.07) is 13.5. The average molecular weight is 367 g/mol. The fourth-order valence-electron chi connectivity index (χ4n) is 2.33. The smallest absolute Gasteiger partial charge is 0.273 e. The van der Waals surface area contributed by atoms with E-state index >= 15 is 0 Å². The number of nitrogens with zero attached hydrogens (tertiary/aromatic N) is 3. The highest BCUT2D eigenvalue weighted by molar-refractivity contribution is 5.94. The number of hydrogen-bond acceptors (Lipinski definition) is 4. The topological polar surface area (TPSA) is 88.9 Å². The Bertz CT molecular complexity index is 956. The number of rotatable bonds is 6. The molecule has 27 heavy (non-hydrogen) atoms.